The van der Waals surface area contributed by atoms with Crippen LogP contribution < -0.4 is 21.7 Å². The Morgan fingerprint density at radius 1 is 1.23 bits per heavy atom. The second-order valence-corrected chi connectivity index (χ2v) is 6.45. The Labute approximate surface area is 153 Å². The number of likely N-dealkylation sites (tertiary alicyclic amines) is 1. The maximum Gasteiger partial charge on any atom is 0.319 e. The predicted molar refractivity (Wildman–Crippen MR) is 100.0 cm³/mol. The van der Waals surface area contributed by atoms with E-state index in [-0.39, 0.29) is 30.4 Å². The van der Waals surface area contributed by atoms with E-state index in [1.54, 1.807) is 18.2 Å². The van der Waals surface area contributed by atoms with Crippen molar-refractivity contribution in [2.45, 2.75) is 32.7 Å². The summed E-state index contributed by atoms with van der Waals surface area (Å²) in [6.07, 6.45) is 1.53. The fourth-order valence-electron chi connectivity index (χ4n) is 3.07. The number of anilines is 1. The maximum atomic E-state index is 12.3. The van der Waals surface area contributed by atoms with Crippen molar-refractivity contribution in [3.63, 3.8) is 0 Å². The second kappa shape index (κ2) is 9.19. The van der Waals surface area contributed by atoms with Crippen LogP contribution in [0.3, 0.4) is 0 Å². The Kier molecular flexibility index (Phi) is 6.97. The highest BCUT2D eigenvalue weighted by molar-refractivity contribution is 5.99. The summed E-state index contributed by atoms with van der Waals surface area (Å²) >= 11 is 0. The summed E-state index contributed by atoms with van der Waals surface area (Å²) in [6.45, 7) is 5.91. The summed E-state index contributed by atoms with van der Waals surface area (Å²) in [5, 5.41) is 8.53. The topological polar surface area (TPSA) is 117 Å². The average Bonchev–Trinajstić information content (AvgIpc) is 2.58. The van der Waals surface area contributed by atoms with Gasteiger partial charge < -0.3 is 21.7 Å². The van der Waals surface area contributed by atoms with Gasteiger partial charge in [0.05, 0.1) is 6.54 Å². The highest BCUT2D eigenvalue weighted by Gasteiger charge is 2.22. The van der Waals surface area contributed by atoms with E-state index in [0.717, 1.165) is 31.5 Å². The number of nitrogens with two attached hydrogens (primary N) is 1. The van der Waals surface area contributed by atoms with Gasteiger partial charge in [0.2, 0.25) is 5.91 Å². The molecule has 0 aromatic heterocycles. The average molecular weight is 361 g/mol. The minimum Gasteiger partial charge on any atom is -0.369 e. The number of nitrogens with zero attached hydrogens (tertiary/aromatic N) is 1. The number of carbonyl (C=O) groups is 3. The molecule has 0 unspecified atom stereocenters. The van der Waals surface area contributed by atoms with E-state index in [9.17, 15) is 14.4 Å². The monoisotopic (exact) mass is 361 g/mol. The normalized spacial score (nSPS) is 15.3. The molecule has 1 fully saturated rings. The van der Waals surface area contributed by atoms with Gasteiger partial charge in [-0.2, -0.15) is 0 Å². The first-order valence-electron chi connectivity index (χ1n) is 8.86. The number of benzene rings is 1. The molecule has 0 aliphatic carbocycles. The molecular formula is C18H27N5O3. The van der Waals surface area contributed by atoms with Gasteiger partial charge in [-0.1, -0.05) is 6.07 Å². The number of primary amides is 1. The molecule has 0 saturated carbocycles. The molecule has 0 spiro atoms. The third-order valence-corrected chi connectivity index (χ3v) is 4.47. The van der Waals surface area contributed by atoms with Crippen molar-refractivity contribution in [2.75, 3.05) is 31.5 Å². The van der Waals surface area contributed by atoms with Gasteiger partial charge in [0.15, 0.2) is 0 Å². The zero-order valence-corrected chi connectivity index (χ0v) is 15.3. The van der Waals surface area contributed by atoms with Crippen LogP contribution in [0.4, 0.5) is 10.5 Å². The van der Waals surface area contributed by atoms with Crippen LogP contribution in [0, 0.1) is 6.92 Å². The summed E-state index contributed by atoms with van der Waals surface area (Å²) in [6, 6.07) is 5.00. The molecule has 1 saturated heterocycles. The van der Waals surface area contributed by atoms with Crippen LogP contribution in [-0.4, -0.2) is 55.0 Å². The van der Waals surface area contributed by atoms with Crippen LogP contribution in [0.1, 0.15) is 35.7 Å². The summed E-state index contributed by atoms with van der Waals surface area (Å²) in [5.74, 6) is -0.493. The number of rotatable bonds is 6. The van der Waals surface area contributed by atoms with Crippen LogP contribution in [0.25, 0.3) is 0 Å². The number of piperidine rings is 1. The molecule has 0 radical (unpaired) electrons. The van der Waals surface area contributed by atoms with Crippen LogP contribution in [0.2, 0.25) is 0 Å². The number of amides is 4. The van der Waals surface area contributed by atoms with E-state index in [0.29, 0.717) is 17.8 Å². The highest BCUT2D eigenvalue weighted by Crippen LogP contribution is 2.19. The largest absolute Gasteiger partial charge is 0.369 e. The van der Waals surface area contributed by atoms with Gasteiger partial charge in [-0.15, -0.1) is 0 Å². The number of carbonyl (C=O) groups excluding carboxylic acids is 3. The van der Waals surface area contributed by atoms with E-state index < -0.39 is 0 Å². The number of nitrogens with one attached hydrogen (secondary N) is 3. The van der Waals surface area contributed by atoms with Gasteiger partial charge in [0.1, 0.15) is 0 Å². The third kappa shape index (κ3) is 5.45. The lowest BCUT2D eigenvalue weighted by Crippen LogP contribution is -2.47. The van der Waals surface area contributed by atoms with Crippen molar-refractivity contribution >= 4 is 23.5 Å². The van der Waals surface area contributed by atoms with Gasteiger partial charge in [-0.3, -0.25) is 14.5 Å². The molecule has 5 N–H and O–H groups in total. The van der Waals surface area contributed by atoms with Crippen molar-refractivity contribution in [1.82, 2.24) is 15.5 Å². The molecule has 142 valence electrons. The number of hydrogen-bond acceptors (Lipinski definition) is 4. The molecule has 26 heavy (non-hydrogen) atoms. The first kappa shape index (κ1) is 19.7. The first-order chi connectivity index (χ1) is 12.4. The van der Waals surface area contributed by atoms with Gasteiger partial charge in [0.25, 0.3) is 5.91 Å². The van der Waals surface area contributed by atoms with Crippen LogP contribution in [0.5, 0.6) is 0 Å². The predicted octanol–water partition coefficient (Wildman–Crippen LogP) is 0.816. The van der Waals surface area contributed by atoms with Crippen molar-refractivity contribution in [3.05, 3.63) is 29.3 Å². The molecule has 1 aliphatic rings. The zero-order chi connectivity index (χ0) is 19.1. The number of hydrogen-bond donors (Lipinski definition) is 4. The third-order valence-electron chi connectivity index (χ3n) is 4.47. The lowest BCUT2D eigenvalue weighted by Gasteiger charge is -2.31. The van der Waals surface area contributed by atoms with Crippen molar-refractivity contribution in [1.29, 1.82) is 0 Å². The lowest BCUT2D eigenvalue weighted by molar-refractivity contribution is -0.119. The maximum absolute atomic E-state index is 12.3. The van der Waals surface area contributed by atoms with Crippen molar-refractivity contribution < 1.29 is 14.4 Å². The zero-order valence-electron chi connectivity index (χ0n) is 15.3. The van der Waals surface area contributed by atoms with Crippen LogP contribution in [0.15, 0.2) is 18.2 Å². The molecule has 1 aromatic rings. The molecule has 0 bridgehead atoms. The summed E-state index contributed by atoms with van der Waals surface area (Å²) in [4.78, 5) is 37.3. The second-order valence-electron chi connectivity index (χ2n) is 6.45. The van der Waals surface area contributed by atoms with Gasteiger partial charge in [-0.05, 0) is 44.4 Å². The molecule has 0 atom stereocenters. The fraction of sp³-hybridized carbons (Fsp3) is 0.500. The Hall–Kier alpha value is -2.61. The molecule has 8 nitrogen and oxygen atoms in total. The van der Waals surface area contributed by atoms with E-state index >= 15 is 0 Å². The summed E-state index contributed by atoms with van der Waals surface area (Å²) in [7, 11) is 0. The van der Waals surface area contributed by atoms with Gasteiger partial charge in [-0.25, -0.2) is 4.79 Å². The SMILES string of the molecule is CCNC(=O)c1cccc(NC(=O)NC2CCN(CC(N)=O)CC2)c1C. The Morgan fingerprint density at radius 2 is 1.92 bits per heavy atom. The lowest BCUT2D eigenvalue weighted by atomic mass is 10.0. The molecule has 1 aromatic carbocycles. The molecule has 1 aliphatic heterocycles. The fourth-order valence-corrected chi connectivity index (χ4v) is 3.07. The Bertz CT molecular complexity index is 669. The Morgan fingerprint density at radius 3 is 2.54 bits per heavy atom. The summed E-state index contributed by atoms with van der Waals surface area (Å²) < 4.78 is 0. The molecule has 1 heterocycles. The van der Waals surface area contributed by atoms with Crippen LogP contribution in [-0.2, 0) is 4.79 Å². The minimum atomic E-state index is -0.336. The van der Waals surface area contributed by atoms with Crippen LogP contribution >= 0.6 is 0 Å². The van der Waals surface area contributed by atoms with Crippen molar-refractivity contribution in [2.24, 2.45) is 5.73 Å². The summed E-state index contributed by atoms with van der Waals surface area (Å²) in [5.41, 5.74) is 7.08. The van der Waals surface area contributed by atoms with E-state index in [4.69, 9.17) is 5.73 Å². The minimum absolute atomic E-state index is 0.0472. The molecule has 2 rings (SSSR count). The van der Waals surface area contributed by atoms with E-state index in [2.05, 4.69) is 16.0 Å². The molecular weight excluding hydrogens is 334 g/mol. The van der Waals surface area contributed by atoms with Crippen molar-refractivity contribution in [3.8, 4) is 0 Å². The van der Waals surface area contributed by atoms with Gasteiger partial charge in [0, 0.05) is 36.9 Å². The molecule has 4 amide bonds. The van der Waals surface area contributed by atoms with E-state index in [1.807, 2.05) is 18.7 Å². The first-order valence-corrected chi connectivity index (χ1v) is 8.86. The standard InChI is InChI=1S/C18H27N5O3/c1-3-20-17(25)14-5-4-6-15(12(14)2)22-18(26)21-13-7-9-23(10-8-13)11-16(19)24/h4-6,13H,3,7-11H2,1-2H3,(H2,19,24)(H,20,25)(H2,21,22,26). The van der Waals surface area contributed by atoms with E-state index in [1.165, 1.54) is 0 Å². The smallest absolute Gasteiger partial charge is 0.319 e. The quantitative estimate of drug-likeness (QED) is 0.600. The Balaban J connectivity index is 1.89. The number of urea groups is 1. The van der Waals surface area contributed by atoms with Gasteiger partial charge >= 0.3 is 6.03 Å². The molecule has 8 heteroatoms. The highest BCUT2D eigenvalue weighted by atomic mass is 16.2.